The maximum absolute atomic E-state index is 13.0. The zero-order valence-electron chi connectivity index (χ0n) is 52.4. The number of aliphatic hydroxyl groups excluding tert-OH is 15. The second kappa shape index (κ2) is 28.0. The third kappa shape index (κ3) is 13.5. The van der Waals surface area contributed by atoms with Crippen molar-refractivity contribution in [2.45, 2.75) is 279 Å². The SMILES string of the molecule is CC(C)=CCC[C@](C)(O[C@@H]1O[C@H](CO[C@@H]2O[C@@H](CO)[C@H](O)[C@H]2O[C@@H]2OC[C@@H](O)[C@H](O)[C@H]2O)[C@@H](O)[C@H](O)[C@H]1O)[C@H]1CC[C@]2(C)[C@@H]1[C@H](O)C[C@@H]1[C@@]3(C)CC[C@H](O[C@@H]4O[C@H](CO)[C@@H](O)[C@H](O)[C@H]4O[C@@H]4O[C@H](COC(=O)CC(=O)O)[C@@H](O)[C@H](O)[C@H]4O)C(C)(C)[C@@H]3CC[C@]12C. The number of ether oxygens (including phenoxy) is 11. The van der Waals surface area contributed by atoms with Crippen molar-refractivity contribution >= 4 is 11.9 Å². The summed E-state index contributed by atoms with van der Waals surface area (Å²) in [4.78, 5) is 23.1. The van der Waals surface area contributed by atoms with E-state index in [4.69, 9.17) is 57.2 Å². The number of fused-ring (bicyclic) bond motifs is 5. The molecule has 9 aliphatic rings. The first-order valence-corrected chi connectivity index (χ1v) is 31.7. The van der Waals surface area contributed by atoms with Crippen molar-refractivity contribution in [1.29, 1.82) is 0 Å². The number of carbonyl (C=O) groups excluding carboxylic acids is 1. The molecular formula is C61H100O29. The van der Waals surface area contributed by atoms with E-state index in [2.05, 4.69) is 40.7 Å². The van der Waals surface area contributed by atoms with E-state index in [1.54, 1.807) is 0 Å². The molecule has 0 aromatic heterocycles. The van der Waals surface area contributed by atoms with Crippen LogP contribution in [0.4, 0.5) is 0 Å². The summed E-state index contributed by atoms with van der Waals surface area (Å²) in [6.45, 7) is 13.8. The highest BCUT2D eigenvalue weighted by Gasteiger charge is 2.72. The van der Waals surface area contributed by atoms with Gasteiger partial charge in [0.2, 0.25) is 0 Å². The van der Waals surface area contributed by atoms with E-state index < -0.39 is 227 Å². The van der Waals surface area contributed by atoms with Gasteiger partial charge in [0.1, 0.15) is 123 Å². The quantitative estimate of drug-likeness (QED) is 0.0235. The van der Waals surface area contributed by atoms with E-state index in [-0.39, 0.29) is 29.1 Å². The van der Waals surface area contributed by atoms with Crippen molar-refractivity contribution in [1.82, 2.24) is 0 Å². The molecule has 90 heavy (non-hydrogen) atoms. The molecule has 5 saturated heterocycles. The molecule has 0 bridgehead atoms. The van der Waals surface area contributed by atoms with Gasteiger partial charge in [0.05, 0.1) is 44.2 Å². The average molecular weight is 1300 g/mol. The first-order valence-electron chi connectivity index (χ1n) is 31.7. The Morgan fingerprint density at radius 1 is 0.567 bits per heavy atom. The summed E-state index contributed by atoms with van der Waals surface area (Å²) < 4.78 is 66.0. The summed E-state index contributed by atoms with van der Waals surface area (Å²) in [5.74, 6) is -3.37. The average Bonchev–Trinajstić information content (AvgIpc) is 1.21. The molecule has 0 aromatic rings. The third-order valence-electron chi connectivity index (χ3n) is 22.8. The molecule has 16 N–H and O–H groups in total. The van der Waals surface area contributed by atoms with Crippen LogP contribution >= 0.6 is 0 Å². The van der Waals surface area contributed by atoms with Gasteiger partial charge in [-0.3, -0.25) is 9.59 Å². The summed E-state index contributed by atoms with van der Waals surface area (Å²) in [5.41, 5.74) is -1.97. The van der Waals surface area contributed by atoms with Crippen LogP contribution in [-0.4, -0.2) is 286 Å². The normalized spacial score (nSPS) is 50.0. The molecule has 5 heterocycles. The predicted molar refractivity (Wildman–Crippen MR) is 303 cm³/mol. The van der Waals surface area contributed by atoms with E-state index >= 15 is 0 Å². The molecule has 0 unspecified atom stereocenters. The van der Waals surface area contributed by atoms with E-state index in [1.165, 1.54) is 0 Å². The minimum atomic E-state index is -1.96. The molecule has 0 aromatic carbocycles. The fourth-order valence-electron chi connectivity index (χ4n) is 17.6. The summed E-state index contributed by atoms with van der Waals surface area (Å²) in [5, 5.41) is 174. The van der Waals surface area contributed by atoms with Gasteiger partial charge >= 0.3 is 11.9 Å². The number of carbonyl (C=O) groups is 2. The Balaban J connectivity index is 0.909. The minimum Gasteiger partial charge on any atom is -0.481 e. The Bertz CT molecular complexity index is 2460. The van der Waals surface area contributed by atoms with Gasteiger partial charge in [-0.05, 0) is 124 Å². The van der Waals surface area contributed by atoms with Gasteiger partial charge in [0.15, 0.2) is 31.5 Å². The number of allylic oxidation sites excluding steroid dienone is 2. The van der Waals surface area contributed by atoms with E-state index in [0.717, 1.165) is 18.4 Å². The lowest BCUT2D eigenvalue weighted by Crippen LogP contribution is -2.68. The predicted octanol–water partition coefficient (Wildman–Crippen LogP) is -3.07. The van der Waals surface area contributed by atoms with Crippen molar-refractivity contribution in [2.75, 3.05) is 33.0 Å². The number of carboxylic acid groups (broad SMARTS) is 1. The Kier molecular flexibility index (Phi) is 22.4. The molecule has 0 amide bonds. The van der Waals surface area contributed by atoms with Gasteiger partial charge in [-0.1, -0.05) is 46.3 Å². The van der Waals surface area contributed by atoms with Crippen LogP contribution in [0.25, 0.3) is 0 Å². The topological polar surface area (TPSA) is 459 Å². The maximum atomic E-state index is 13.0. The number of aliphatic carboxylic acids is 1. The second-order valence-corrected chi connectivity index (χ2v) is 28.7. The number of rotatable bonds is 21. The molecule has 33 atom stereocenters. The Hall–Kier alpha value is -2.32. The summed E-state index contributed by atoms with van der Waals surface area (Å²) >= 11 is 0. The van der Waals surface area contributed by atoms with E-state index in [0.29, 0.717) is 44.9 Å². The van der Waals surface area contributed by atoms with Crippen molar-refractivity contribution < 1.29 is 143 Å². The van der Waals surface area contributed by atoms with Crippen molar-refractivity contribution in [3.05, 3.63) is 11.6 Å². The van der Waals surface area contributed by atoms with Gasteiger partial charge in [0.25, 0.3) is 0 Å². The summed E-state index contributed by atoms with van der Waals surface area (Å²) in [6, 6.07) is 0. The number of aliphatic hydroxyl groups is 15. The van der Waals surface area contributed by atoms with Crippen LogP contribution in [0.2, 0.25) is 0 Å². The zero-order valence-corrected chi connectivity index (χ0v) is 52.4. The lowest BCUT2D eigenvalue weighted by atomic mass is 9.35. The first kappa shape index (κ1) is 72.0. The smallest absolute Gasteiger partial charge is 0.317 e. The lowest BCUT2D eigenvalue weighted by molar-refractivity contribution is -0.378. The van der Waals surface area contributed by atoms with E-state index in [1.807, 2.05) is 20.8 Å². The third-order valence-corrected chi connectivity index (χ3v) is 22.8. The van der Waals surface area contributed by atoms with Crippen molar-refractivity contribution in [3.8, 4) is 0 Å². The molecule has 0 spiro atoms. The van der Waals surface area contributed by atoms with E-state index in [9.17, 15) is 86.2 Å². The lowest BCUT2D eigenvalue weighted by Gasteiger charge is -2.71. The van der Waals surface area contributed by atoms with Crippen LogP contribution in [0.5, 0.6) is 0 Å². The highest BCUT2D eigenvalue weighted by atomic mass is 16.8. The molecule has 4 aliphatic carbocycles. The minimum absolute atomic E-state index is 0.0269. The Morgan fingerprint density at radius 2 is 1.12 bits per heavy atom. The van der Waals surface area contributed by atoms with Crippen molar-refractivity contribution in [2.24, 2.45) is 45.3 Å². The molecule has 4 saturated carbocycles. The van der Waals surface area contributed by atoms with Crippen LogP contribution in [-0.2, 0) is 61.7 Å². The molecule has 518 valence electrons. The molecule has 0 radical (unpaired) electrons. The first-order chi connectivity index (χ1) is 42.2. The highest BCUT2D eigenvalue weighted by molar-refractivity contribution is 5.90. The zero-order chi connectivity index (χ0) is 66.1. The number of esters is 1. The number of carboxylic acids is 1. The Morgan fingerprint density at radius 3 is 1.77 bits per heavy atom. The second-order valence-electron chi connectivity index (χ2n) is 28.7. The number of hydrogen-bond acceptors (Lipinski definition) is 28. The van der Waals surface area contributed by atoms with Gasteiger partial charge in [-0.2, -0.15) is 0 Å². The van der Waals surface area contributed by atoms with Gasteiger partial charge in [0, 0.05) is 0 Å². The molecular weight excluding hydrogens is 1200 g/mol. The molecule has 9 fully saturated rings. The van der Waals surface area contributed by atoms with Crippen LogP contribution in [0.1, 0.15) is 120 Å². The molecule has 29 heteroatoms. The van der Waals surface area contributed by atoms with Crippen LogP contribution in [0.15, 0.2) is 11.6 Å². The summed E-state index contributed by atoms with van der Waals surface area (Å²) in [6.07, 6.45) is -32.7. The highest BCUT2D eigenvalue weighted by Crippen LogP contribution is 2.76. The largest absolute Gasteiger partial charge is 0.481 e. The standard InChI is InChI=1S/C61H100O29/c1-25(2)10-9-14-61(8,90-54-49(79)45(75)42(72)32(86-54)24-82-55-50(43(73)30(21-63)83-55)88-52-47(77)39(69)28(65)22-81-52)26-11-16-60(7)38(26)27(64)18-34-58(5)15-13-35(57(3,4)33(58)12-17-59(34,60)6)87-56-51(46(76)40(70)29(20-62)84-56)89-53-48(78)44(74)41(71)31(85-53)23-80-37(68)19-36(66)67/h10,26-35,38-56,62-65,69-79H,9,11-24H2,1-8H3,(H,66,67)/t26-,27+,28+,29+,30-,31+,32+,33-,34+,35-,38-,39-,40+,41+,42+,43-,44-,45-,46-,47+,48+,49+,50+,51+,52-,53-,54-,55+,56-,58-,59+,60+,61-/m0/s1. The van der Waals surface area contributed by atoms with Gasteiger partial charge < -0.3 is 134 Å². The monoisotopic (exact) mass is 1300 g/mol. The van der Waals surface area contributed by atoms with Crippen LogP contribution in [0.3, 0.4) is 0 Å². The molecule has 9 rings (SSSR count). The maximum Gasteiger partial charge on any atom is 0.317 e. The molecule has 29 nitrogen and oxygen atoms in total. The van der Waals surface area contributed by atoms with Crippen LogP contribution in [0, 0.1) is 45.3 Å². The fraction of sp³-hybridized carbons (Fsp3) is 0.934. The Labute approximate surface area is 522 Å². The van der Waals surface area contributed by atoms with Crippen molar-refractivity contribution in [3.63, 3.8) is 0 Å². The number of hydrogen-bond donors (Lipinski definition) is 16. The van der Waals surface area contributed by atoms with Crippen LogP contribution < -0.4 is 0 Å². The molecule has 5 aliphatic heterocycles. The summed E-state index contributed by atoms with van der Waals surface area (Å²) in [7, 11) is 0. The van der Waals surface area contributed by atoms with Gasteiger partial charge in [-0.15, -0.1) is 0 Å². The fourth-order valence-corrected chi connectivity index (χ4v) is 17.6. The van der Waals surface area contributed by atoms with Gasteiger partial charge in [-0.25, -0.2) is 0 Å².